The summed E-state index contributed by atoms with van der Waals surface area (Å²) in [6.45, 7) is 14.1. The topological polar surface area (TPSA) is 0 Å². The van der Waals surface area contributed by atoms with Crippen LogP contribution in [-0.2, 0) is 0 Å². The van der Waals surface area contributed by atoms with Gasteiger partial charge in [-0.15, -0.1) is 11.6 Å². The van der Waals surface area contributed by atoms with Crippen molar-refractivity contribution in [2.75, 3.05) is 5.88 Å². The minimum atomic E-state index is -0.961. The number of hydrogen-bond acceptors (Lipinski definition) is 0. The van der Waals surface area contributed by atoms with Crippen LogP contribution in [0.15, 0.2) is 0 Å². The first-order chi connectivity index (χ1) is 5.21. The van der Waals surface area contributed by atoms with Gasteiger partial charge in [0, 0.05) is 14.0 Å². The molecule has 0 saturated heterocycles. The van der Waals surface area contributed by atoms with Crippen LogP contribution in [0.4, 0.5) is 0 Å². The second-order valence-electron chi connectivity index (χ2n) is 5.68. The third kappa shape index (κ3) is 3.95. The van der Waals surface area contributed by atoms with Crippen molar-refractivity contribution in [2.45, 2.75) is 46.5 Å². The Morgan fingerprint density at radius 2 is 1.67 bits per heavy atom. The molecule has 0 aromatic carbocycles. The van der Waals surface area contributed by atoms with Crippen LogP contribution in [0, 0.1) is 11.3 Å². The van der Waals surface area contributed by atoms with Crippen molar-refractivity contribution in [2.24, 2.45) is 11.3 Å². The zero-order chi connectivity index (χ0) is 9.99. The molecule has 1 unspecified atom stereocenters. The van der Waals surface area contributed by atoms with Crippen LogP contribution < -0.4 is 0 Å². The molecule has 0 radical (unpaired) electrons. The van der Waals surface area contributed by atoms with E-state index in [0.717, 1.165) is 5.88 Å². The Morgan fingerprint density at radius 3 is 1.75 bits per heavy atom. The van der Waals surface area contributed by atoms with Crippen LogP contribution in [0.3, 0.4) is 0 Å². The average Bonchev–Trinajstić information content (AvgIpc) is 1.83. The Bertz CT molecular complexity index is 137. The van der Waals surface area contributed by atoms with E-state index in [9.17, 15) is 0 Å². The molecule has 12 heavy (non-hydrogen) atoms. The Hall–Kier alpha value is 0.507. The molecule has 0 aliphatic rings. The lowest BCUT2D eigenvalue weighted by Crippen LogP contribution is -2.35. The van der Waals surface area contributed by atoms with Gasteiger partial charge < -0.3 is 0 Å². The summed E-state index contributed by atoms with van der Waals surface area (Å²) in [5, 5.41) is 0. The van der Waals surface area contributed by atoms with Crippen LogP contribution in [0.5, 0.6) is 0 Å². The van der Waals surface area contributed by atoms with E-state index in [1.165, 1.54) is 6.04 Å². The SMILES string of the molecule is CC(C)C(C)(CCl)C[Si](C)(C)C. The molecule has 0 nitrogen and oxygen atoms in total. The second-order valence-corrected chi connectivity index (χ2v) is 11.4. The Kier molecular flexibility index (Phi) is 4.32. The minimum absolute atomic E-state index is 0.353. The number of alkyl halides is 1. The van der Waals surface area contributed by atoms with Gasteiger partial charge in [-0.1, -0.05) is 46.5 Å². The van der Waals surface area contributed by atoms with Gasteiger partial charge in [-0.05, 0) is 11.3 Å². The largest absolute Gasteiger partial charge is 0.126 e. The molecule has 0 aliphatic carbocycles. The molecule has 0 aromatic heterocycles. The van der Waals surface area contributed by atoms with E-state index in [-0.39, 0.29) is 0 Å². The minimum Gasteiger partial charge on any atom is -0.126 e. The summed E-state index contributed by atoms with van der Waals surface area (Å²) >= 11 is 6.03. The van der Waals surface area contributed by atoms with Crippen LogP contribution in [0.1, 0.15) is 20.8 Å². The molecule has 0 rings (SSSR count). The number of rotatable bonds is 4. The average molecular weight is 207 g/mol. The Balaban J connectivity index is 4.35. The predicted octanol–water partition coefficient (Wildman–Crippen LogP) is 4.23. The quantitative estimate of drug-likeness (QED) is 0.477. The van der Waals surface area contributed by atoms with Crippen molar-refractivity contribution in [3.05, 3.63) is 0 Å². The van der Waals surface area contributed by atoms with Crippen molar-refractivity contribution in [3.63, 3.8) is 0 Å². The fourth-order valence-electron chi connectivity index (χ4n) is 1.62. The summed E-state index contributed by atoms with van der Waals surface area (Å²) in [6.07, 6.45) is 0. The van der Waals surface area contributed by atoms with Crippen molar-refractivity contribution < 1.29 is 0 Å². The zero-order valence-corrected chi connectivity index (χ0v) is 11.1. The lowest BCUT2D eigenvalue weighted by atomic mass is 9.83. The smallest absolute Gasteiger partial charge is 0.0448 e. The van der Waals surface area contributed by atoms with Gasteiger partial charge in [0.25, 0.3) is 0 Å². The van der Waals surface area contributed by atoms with Crippen molar-refractivity contribution >= 4 is 19.7 Å². The maximum atomic E-state index is 6.03. The van der Waals surface area contributed by atoms with E-state index in [0.29, 0.717) is 11.3 Å². The second kappa shape index (κ2) is 4.14. The number of hydrogen-bond donors (Lipinski definition) is 0. The highest BCUT2D eigenvalue weighted by Gasteiger charge is 2.32. The molecule has 0 bridgehead atoms. The molecule has 0 fully saturated rings. The van der Waals surface area contributed by atoms with E-state index in [1.807, 2.05) is 0 Å². The number of halogens is 1. The lowest BCUT2D eigenvalue weighted by Gasteiger charge is -2.36. The Morgan fingerprint density at radius 1 is 1.25 bits per heavy atom. The Labute approximate surface area is 83.7 Å². The maximum absolute atomic E-state index is 6.03. The normalized spacial score (nSPS) is 18.0. The molecule has 0 aliphatic heterocycles. The van der Waals surface area contributed by atoms with Crippen LogP contribution in [-0.4, -0.2) is 14.0 Å². The van der Waals surface area contributed by atoms with Crippen molar-refractivity contribution in [1.82, 2.24) is 0 Å². The molecule has 0 saturated carbocycles. The van der Waals surface area contributed by atoms with Gasteiger partial charge in [0.1, 0.15) is 0 Å². The van der Waals surface area contributed by atoms with E-state index >= 15 is 0 Å². The van der Waals surface area contributed by atoms with E-state index in [2.05, 4.69) is 40.4 Å². The highest BCUT2D eigenvalue weighted by Crippen LogP contribution is 2.37. The molecule has 0 aromatic rings. The maximum Gasteiger partial charge on any atom is 0.0448 e. The van der Waals surface area contributed by atoms with Gasteiger partial charge in [0.2, 0.25) is 0 Å². The fourth-order valence-corrected chi connectivity index (χ4v) is 5.14. The van der Waals surface area contributed by atoms with Crippen molar-refractivity contribution in [1.29, 1.82) is 0 Å². The molecule has 74 valence electrons. The molecular weight excluding hydrogens is 184 g/mol. The molecule has 0 spiro atoms. The van der Waals surface area contributed by atoms with E-state index in [1.54, 1.807) is 0 Å². The van der Waals surface area contributed by atoms with Gasteiger partial charge in [0.05, 0.1) is 0 Å². The molecule has 0 amide bonds. The summed E-state index contributed by atoms with van der Waals surface area (Å²) in [4.78, 5) is 0. The third-order valence-electron chi connectivity index (χ3n) is 2.63. The van der Waals surface area contributed by atoms with Crippen LogP contribution >= 0.6 is 11.6 Å². The standard InChI is InChI=1S/C10H23ClSi/c1-9(2)10(3,7-11)8-12(4,5)6/h9H,7-8H2,1-6H3. The first-order valence-corrected chi connectivity index (χ1v) is 9.01. The van der Waals surface area contributed by atoms with Crippen LogP contribution in [0.25, 0.3) is 0 Å². The fraction of sp³-hybridized carbons (Fsp3) is 1.00. The predicted molar refractivity (Wildman–Crippen MR) is 61.8 cm³/mol. The highest BCUT2D eigenvalue weighted by molar-refractivity contribution is 6.76. The molecule has 0 heterocycles. The molecule has 1 atom stereocenters. The van der Waals surface area contributed by atoms with E-state index in [4.69, 9.17) is 11.6 Å². The van der Waals surface area contributed by atoms with Gasteiger partial charge in [-0.2, -0.15) is 0 Å². The molecule has 2 heteroatoms. The monoisotopic (exact) mass is 206 g/mol. The molecular formula is C10H23ClSi. The summed E-state index contributed by atoms with van der Waals surface area (Å²) in [5.41, 5.74) is 0.353. The van der Waals surface area contributed by atoms with Crippen molar-refractivity contribution in [3.8, 4) is 0 Å². The molecule has 0 N–H and O–H groups in total. The van der Waals surface area contributed by atoms with Gasteiger partial charge in [0.15, 0.2) is 0 Å². The highest BCUT2D eigenvalue weighted by atomic mass is 35.5. The van der Waals surface area contributed by atoms with Gasteiger partial charge >= 0.3 is 0 Å². The summed E-state index contributed by atoms with van der Waals surface area (Å²) in [7, 11) is -0.961. The summed E-state index contributed by atoms with van der Waals surface area (Å²) in [5.74, 6) is 1.50. The van der Waals surface area contributed by atoms with Crippen LogP contribution in [0.2, 0.25) is 25.7 Å². The van der Waals surface area contributed by atoms with Gasteiger partial charge in [-0.25, -0.2) is 0 Å². The first kappa shape index (κ1) is 12.5. The third-order valence-corrected chi connectivity index (χ3v) is 5.11. The van der Waals surface area contributed by atoms with Gasteiger partial charge in [-0.3, -0.25) is 0 Å². The van der Waals surface area contributed by atoms with E-state index < -0.39 is 8.07 Å². The first-order valence-electron chi connectivity index (χ1n) is 4.77. The zero-order valence-electron chi connectivity index (χ0n) is 9.37. The summed E-state index contributed by atoms with van der Waals surface area (Å²) < 4.78 is 0. The lowest BCUT2D eigenvalue weighted by molar-refractivity contribution is 0.285. The summed E-state index contributed by atoms with van der Waals surface area (Å²) in [6, 6.07) is 1.33.